The van der Waals surface area contributed by atoms with Crippen molar-refractivity contribution < 1.29 is 4.39 Å². The fourth-order valence-corrected chi connectivity index (χ4v) is 2.58. The van der Waals surface area contributed by atoms with Gasteiger partial charge in [-0.3, -0.25) is 4.68 Å². The van der Waals surface area contributed by atoms with Crippen LogP contribution in [0.3, 0.4) is 0 Å². The van der Waals surface area contributed by atoms with Crippen molar-refractivity contribution in [2.75, 3.05) is 0 Å². The minimum atomic E-state index is -0.140. The van der Waals surface area contributed by atoms with Gasteiger partial charge in [0.2, 0.25) is 0 Å². The molecular formula is C17H17FN2. The van der Waals surface area contributed by atoms with E-state index in [9.17, 15) is 4.39 Å². The third-order valence-electron chi connectivity index (χ3n) is 3.60. The van der Waals surface area contributed by atoms with Gasteiger partial charge in [-0.05, 0) is 34.7 Å². The van der Waals surface area contributed by atoms with Crippen LogP contribution in [0.5, 0.6) is 0 Å². The Labute approximate surface area is 117 Å². The molecular weight excluding hydrogens is 251 g/mol. The smallest absolute Gasteiger partial charge is 0.127 e. The second kappa shape index (κ2) is 4.75. The maximum absolute atomic E-state index is 14.2. The molecule has 0 bridgehead atoms. The zero-order chi connectivity index (χ0) is 14.3. The highest BCUT2D eigenvalue weighted by molar-refractivity contribution is 5.94. The third kappa shape index (κ3) is 2.09. The van der Waals surface area contributed by atoms with Crippen molar-refractivity contribution in [2.24, 2.45) is 7.05 Å². The largest absolute Gasteiger partial charge is 0.275 e. The monoisotopic (exact) mass is 268 g/mol. The van der Waals surface area contributed by atoms with Gasteiger partial charge >= 0.3 is 0 Å². The Morgan fingerprint density at radius 3 is 2.65 bits per heavy atom. The van der Waals surface area contributed by atoms with Crippen molar-refractivity contribution in [3.8, 4) is 11.1 Å². The van der Waals surface area contributed by atoms with Crippen LogP contribution in [0, 0.1) is 5.82 Å². The number of fused-ring (bicyclic) bond motifs is 1. The molecule has 0 fully saturated rings. The summed E-state index contributed by atoms with van der Waals surface area (Å²) >= 11 is 0. The normalized spacial score (nSPS) is 11.4. The van der Waals surface area contributed by atoms with Crippen LogP contribution in [-0.2, 0) is 7.05 Å². The van der Waals surface area contributed by atoms with Gasteiger partial charge in [-0.1, -0.05) is 38.1 Å². The minimum absolute atomic E-state index is 0.140. The Kier molecular flexibility index (Phi) is 3.05. The fraction of sp³-hybridized carbons (Fsp3) is 0.235. The van der Waals surface area contributed by atoms with E-state index in [1.807, 2.05) is 57.4 Å². The highest BCUT2D eigenvalue weighted by Crippen LogP contribution is 2.30. The van der Waals surface area contributed by atoms with Gasteiger partial charge in [-0.2, -0.15) is 5.10 Å². The van der Waals surface area contributed by atoms with Crippen LogP contribution < -0.4 is 0 Å². The Morgan fingerprint density at radius 1 is 1.15 bits per heavy atom. The summed E-state index contributed by atoms with van der Waals surface area (Å²) in [6.45, 7) is 4.00. The third-order valence-corrected chi connectivity index (χ3v) is 3.60. The highest BCUT2D eigenvalue weighted by atomic mass is 19.1. The predicted octanol–water partition coefficient (Wildman–Crippen LogP) is 4.50. The topological polar surface area (TPSA) is 17.8 Å². The molecule has 0 atom stereocenters. The lowest BCUT2D eigenvalue weighted by Crippen LogP contribution is -1.93. The summed E-state index contributed by atoms with van der Waals surface area (Å²) in [7, 11) is 1.90. The maximum Gasteiger partial charge on any atom is 0.127 e. The van der Waals surface area contributed by atoms with Gasteiger partial charge in [0.05, 0.1) is 5.52 Å². The zero-order valence-corrected chi connectivity index (χ0v) is 11.9. The number of benzene rings is 2. The van der Waals surface area contributed by atoms with Crippen LogP contribution in [0.15, 0.2) is 42.6 Å². The molecule has 0 radical (unpaired) electrons. The standard InChI is InChI=1S/C17H17FN2/c1-11(2)13-8-7-12(9-16(13)18)14-5-4-6-17-15(14)10-20(3)19-17/h4-11H,1-3H3. The Hall–Kier alpha value is -2.16. The molecule has 0 amide bonds. The second-order valence-corrected chi connectivity index (χ2v) is 5.43. The molecule has 0 spiro atoms. The molecule has 2 aromatic carbocycles. The SMILES string of the molecule is CC(C)c1ccc(-c2cccc3nn(C)cc23)cc1F. The number of halogens is 1. The summed E-state index contributed by atoms with van der Waals surface area (Å²) in [5, 5.41) is 5.44. The Balaban J connectivity index is 2.18. The van der Waals surface area contributed by atoms with E-state index in [2.05, 4.69) is 5.10 Å². The summed E-state index contributed by atoms with van der Waals surface area (Å²) in [4.78, 5) is 0. The van der Waals surface area contributed by atoms with E-state index in [1.165, 1.54) is 0 Å². The van der Waals surface area contributed by atoms with Gasteiger partial charge in [0.25, 0.3) is 0 Å². The van der Waals surface area contributed by atoms with Gasteiger partial charge < -0.3 is 0 Å². The molecule has 0 aliphatic rings. The van der Waals surface area contributed by atoms with Crippen molar-refractivity contribution in [3.63, 3.8) is 0 Å². The Morgan fingerprint density at radius 2 is 1.95 bits per heavy atom. The van der Waals surface area contributed by atoms with Crippen LogP contribution in [0.2, 0.25) is 0 Å². The summed E-state index contributed by atoms with van der Waals surface area (Å²) in [6, 6.07) is 11.4. The first-order valence-electron chi connectivity index (χ1n) is 6.78. The molecule has 0 saturated heterocycles. The molecule has 3 heteroatoms. The molecule has 0 saturated carbocycles. The lowest BCUT2D eigenvalue weighted by molar-refractivity contribution is 0.599. The second-order valence-electron chi connectivity index (χ2n) is 5.43. The van der Waals surface area contributed by atoms with E-state index in [4.69, 9.17) is 0 Å². The van der Waals surface area contributed by atoms with Crippen LogP contribution in [0.25, 0.3) is 22.0 Å². The maximum atomic E-state index is 14.2. The van der Waals surface area contributed by atoms with Gasteiger partial charge in [0.15, 0.2) is 0 Å². The van der Waals surface area contributed by atoms with Crippen LogP contribution >= 0.6 is 0 Å². The molecule has 102 valence electrons. The fourth-order valence-electron chi connectivity index (χ4n) is 2.58. The molecule has 1 aromatic heterocycles. The minimum Gasteiger partial charge on any atom is -0.275 e. The van der Waals surface area contributed by atoms with E-state index < -0.39 is 0 Å². The molecule has 3 rings (SSSR count). The van der Waals surface area contributed by atoms with E-state index in [-0.39, 0.29) is 11.7 Å². The van der Waals surface area contributed by atoms with Crippen molar-refractivity contribution in [3.05, 3.63) is 54.0 Å². The number of aryl methyl sites for hydroxylation is 1. The molecule has 1 heterocycles. The van der Waals surface area contributed by atoms with Gasteiger partial charge in [0.1, 0.15) is 5.82 Å². The molecule has 0 aliphatic carbocycles. The van der Waals surface area contributed by atoms with E-state index in [0.717, 1.165) is 27.6 Å². The number of hydrogen-bond donors (Lipinski definition) is 0. The number of aromatic nitrogens is 2. The zero-order valence-electron chi connectivity index (χ0n) is 11.9. The molecule has 20 heavy (non-hydrogen) atoms. The summed E-state index contributed by atoms with van der Waals surface area (Å²) in [6.07, 6.45) is 1.97. The number of rotatable bonds is 2. The van der Waals surface area contributed by atoms with Crippen molar-refractivity contribution in [1.29, 1.82) is 0 Å². The van der Waals surface area contributed by atoms with Gasteiger partial charge in [0, 0.05) is 18.6 Å². The van der Waals surface area contributed by atoms with Crippen LogP contribution in [0.4, 0.5) is 4.39 Å². The molecule has 3 aromatic rings. The van der Waals surface area contributed by atoms with Crippen molar-refractivity contribution in [1.82, 2.24) is 9.78 Å². The van der Waals surface area contributed by atoms with Gasteiger partial charge in [-0.15, -0.1) is 0 Å². The molecule has 0 N–H and O–H groups in total. The van der Waals surface area contributed by atoms with Crippen molar-refractivity contribution in [2.45, 2.75) is 19.8 Å². The quantitative estimate of drug-likeness (QED) is 0.669. The predicted molar refractivity (Wildman–Crippen MR) is 80.2 cm³/mol. The summed E-state index contributed by atoms with van der Waals surface area (Å²) < 4.78 is 16.0. The molecule has 2 nitrogen and oxygen atoms in total. The first-order chi connectivity index (χ1) is 9.56. The first kappa shape index (κ1) is 12.9. The van der Waals surface area contributed by atoms with E-state index in [1.54, 1.807) is 10.7 Å². The summed E-state index contributed by atoms with van der Waals surface area (Å²) in [5.74, 6) is 0.0524. The Bertz CT molecular complexity index is 772. The number of nitrogens with zero attached hydrogens (tertiary/aromatic N) is 2. The average molecular weight is 268 g/mol. The average Bonchev–Trinajstić information content (AvgIpc) is 2.77. The lowest BCUT2D eigenvalue weighted by Gasteiger charge is -2.09. The first-order valence-corrected chi connectivity index (χ1v) is 6.78. The molecule has 0 aliphatic heterocycles. The van der Waals surface area contributed by atoms with Crippen LogP contribution in [-0.4, -0.2) is 9.78 Å². The molecule has 0 unspecified atom stereocenters. The summed E-state index contributed by atoms with van der Waals surface area (Å²) in [5.41, 5.74) is 3.60. The van der Waals surface area contributed by atoms with Crippen molar-refractivity contribution >= 4 is 10.9 Å². The lowest BCUT2D eigenvalue weighted by atomic mass is 9.96. The highest BCUT2D eigenvalue weighted by Gasteiger charge is 2.11. The van der Waals surface area contributed by atoms with E-state index in [0.29, 0.717) is 0 Å². The van der Waals surface area contributed by atoms with Crippen LogP contribution in [0.1, 0.15) is 25.3 Å². The van der Waals surface area contributed by atoms with Gasteiger partial charge in [-0.25, -0.2) is 4.39 Å². The van der Waals surface area contributed by atoms with E-state index >= 15 is 0 Å². The number of hydrogen-bond acceptors (Lipinski definition) is 1.